The van der Waals surface area contributed by atoms with Crippen LogP contribution in [-0.2, 0) is 33.4 Å². The maximum atomic E-state index is 13.7. The molecule has 0 unspecified atom stereocenters. The van der Waals surface area contributed by atoms with Crippen molar-refractivity contribution in [2.75, 3.05) is 25.1 Å². The van der Waals surface area contributed by atoms with Crippen molar-refractivity contribution in [1.29, 1.82) is 0 Å². The Balaban J connectivity index is 2.27. The molecule has 33 heavy (non-hydrogen) atoms. The number of carbonyl (C=O) groups is 4. The molecule has 1 amide bonds. The fourth-order valence-corrected chi connectivity index (χ4v) is 3.19. The Morgan fingerprint density at radius 3 is 2.00 bits per heavy atom. The molecule has 0 atom stereocenters. The predicted octanol–water partition coefficient (Wildman–Crippen LogP) is 2.34. The Morgan fingerprint density at radius 2 is 1.48 bits per heavy atom. The number of rotatable bonds is 8. The highest BCUT2D eigenvalue weighted by Crippen LogP contribution is 2.32. The molecule has 2 rings (SSSR count). The van der Waals surface area contributed by atoms with Crippen molar-refractivity contribution >= 4 is 29.5 Å². The van der Waals surface area contributed by atoms with E-state index in [-0.39, 0.29) is 35.8 Å². The smallest absolute Gasteiger partial charge is 0.337 e. The molecule has 0 bridgehead atoms. The van der Waals surface area contributed by atoms with Crippen LogP contribution in [0.2, 0.25) is 0 Å². The number of dihydropyridines is 1. The zero-order chi connectivity index (χ0) is 24.7. The van der Waals surface area contributed by atoms with Gasteiger partial charge in [-0.3, -0.25) is 9.59 Å². The molecule has 9 nitrogen and oxygen atoms in total. The Kier molecular flexibility index (Phi) is 8.66. The number of hydrogen-bond acceptors (Lipinski definition) is 8. The fourth-order valence-electron chi connectivity index (χ4n) is 3.19. The van der Waals surface area contributed by atoms with Crippen LogP contribution in [-0.4, -0.2) is 43.6 Å². The van der Waals surface area contributed by atoms with E-state index in [0.29, 0.717) is 0 Å². The van der Waals surface area contributed by atoms with Crippen molar-refractivity contribution < 1.29 is 42.2 Å². The van der Waals surface area contributed by atoms with Crippen LogP contribution in [0.3, 0.4) is 0 Å². The number of allylic oxidation sites excluding steroid dienone is 2. The molecule has 1 aromatic carbocycles. The molecular formula is C22H24F2N2O7. The molecule has 2 N–H and O–H groups in total. The summed E-state index contributed by atoms with van der Waals surface area (Å²) in [5, 5.41) is 4.93. The zero-order valence-corrected chi connectivity index (χ0v) is 18.5. The largest absolute Gasteiger partial charge is 0.463 e. The van der Waals surface area contributed by atoms with E-state index in [0.717, 1.165) is 18.2 Å². The van der Waals surface area contributed by atoms with Crippen LogP contribution in [0.5, 0.6) is 0 Å². The molecule has 1 heterocycles. The quantitative estimate of drug-likeness (QED) is 0.443. The van der Waals surface area contributed by atoms with Gasteiger partial charge in [-0.2, -0.15) is 0 Å². The van der Waals surface area contributed by atoms with Gasteiger partial charge in [-0.05, 0) is 39.8 Å². The number of carbonyl (C=O) groups excluding carboxylic acids is 4. The third-order valence-corrected chi connectivity index (χ3v) is 4.53. The van der Waals surface area contributed by atoms with Crippen molar-refractivity contribution in [3.63, 3.8) is 0 Å². The van der Waals surface area contributed by atoms with E-state index in [1.165, 1.54) is 13.8 Å². The first-order valence-electron chi connectivity index (χ1n) is 10.0. The van der Waals surface area contributed by atoms with Gasteiger partial charge in [0.1, 0.15) is 17.6 Å². The molecule has 1 aromatic rings. The van der Waals surface area contributed by atoms with E-state index in [1.54, 1.807) is 13.8 Å². The lowest BCUT2D eigenvalue weighted by Crippen LogP contribution is -2.39. The van der Waals surface area contributed by atoms with Crippen molar-refractivity contribution in [2.24, 2.45) is 5.92 Å². The van der Waals surface area contributed by atoms with Crippen molar-refractivity contribution in [3.05, 3.63) is 52.4 Å². The summed E-state index contributed by atoms with van der Waals surface area (Å²) in [7, 11) is 0. The van der Waals surface area contributed by atoms with E-state index < -0.39 is 53.7 Å². The molecule has 0 saturated carbocycles. The lowest BCUT2D eigenvalue weighted by molar-refractivity contribution is -0.153. The number of esters is 3. The predicted molar refractivity (Wildman–Crippen MR) is 111 cm³/mol. The molecule has 0 aromatic heterocycles. The van der Waals surface area contributed by atoms with E-state index >= 15 is 0 Å². The summed E-state index contributed by atoms with van der Waals surface area (Å²) in [4.78, 5) is 50.2. The molecule has 0 aliphatic carbocycles. The van der Waals surface area contributed by atoms with Gasteiger partial charge in [0, 0.05) is 17.5 Å². The van der Waals surface area contributed by atoms with Crippen LogP contribution in [0.4, 0.5) is 14.5 Å². The van der Waals surface area contributed by atoms with Crippen LogP contribution in [0.15, 0.2) is 40.7 Å². The highest BCUT2D eigenvalue weighted by molar-refractivity contribution is 6.06. The molecule has 0 spiro atoms. The first kappa shape index (κ1) is 25.5. The molecule has 0 saturated heterocycles. The second-order valence-corrected chi connectivity index (χ2v) is 6.86. The molecule has 1 aliphatic heterocycles. The van der Waals surface area contributed by atoms with Gasteiger partial charge in [-0.15, -0.1) is 0 Å². The second-order valence-electron chi connectivity index (χ2n) is 6.86. The number of benzene rings is 1. The first-order valence-corrected chi connectivity index (χ1v) is 10.0. The molecule has 11 heteroatoms. The topological polar surface area (TPSA) is 120 Å². The normalized spacial score (nSPS) is 13.9. The Morgan fingerprint density at radius 1 is 0.939 bits per heavy atom. The van der Waals surface area contributed by atoms with Gasteiger partial charge < -0.3 is 24.8 Å². The van der Waals surface area contributed by atoms with Crippen molar-refractivity contribution in [1.82, 2.24) is 5.32 Å². The highest BCUT2D eigenvalue weighted by atomic mass is 19.1. The molecule has 0 radical (unpaired) electrons. The minimum absolute atomic E-state index is 0.0103. The number of ether oxygens (including phenoxy) is 3. The summed E-state index contributed by atoms with van der Waals surface area (Å²) >= 11 is 0. The SMILES string of the molecule is CCOC(=O)C1=C(C)NC(C)=C(C(=O)OCC)C1C(=O)OCC(=O)Nc1cc(F)ccc1F. The van der Waals surface area contributed by atoms with Crippen molar-refractivity contribution in [2.45, 2.75) is 27.7 Å². The monoisotopic (exact) mass is 466 g/mol. The lowest BCUT2D eigenvalue weighted by Gasteiger charge is -2.28. The minimum atomic E-state index is -1.52. The summed E-state index contributed by atoms with van der Waals surface area (Å²) in [6.07, 6.45) is 0. The third-order valence-electron chi connectivity index (χ3n) is 4.53. The number of nitrogens with one attached hydrogen (secondary N) is 2. The van der Waals surface area contributed by atoms with Gasteiger partial charge in [0.25, 0.3) is 5.91 Å². The highest BCUT2D eigenvalue weighted by Gasteiger charge is 2.42. The van der Waals surface area contributed by atoms with Gasteiger partial charge in [0.2, 0.25) is 0 Å². The summed E-state index contributed by atoms with van der Waals surface area (Å²) < 4.78 is 42.0. The average Bonchev–Trinajstić information content (AvgIpc) is 2.74. The van der Waals surface area contributed by atoms with E-state index in [1.807, 2.05) is 0 Å². The maximum absolute atomic E-state index is 13.7. The third kappa shape index (κ3) is 6.15. The fraction of sp³-hybridized carbons (Fsp3) is 0.364. The molecule has 178 valence electrons. The van der Waals surface area contributed by atoms with Gasteiger partial charge >= 0.3 is 17.9 Å². The van der Waals surface area contributed by atoms with E-state index in [2.05, 4.69) is 10.6 Å². The average molecular weight is 466 g/mol. The Labute approximate surface area is 188 Å². The standard InChI is InChI=1S/C22H24F2N2O7/c1-5-31-20(28)17-11(3)25-12(4)18(21(29)32-6-2)19(17)22(30)33-10-16(27)26-15-9-13(23)7-8-14(15)24/h7-9,19,25H,5-6,10H2,1-4H3,(H,26,27). The maximum Gasteiger partial charge on any atom is 0.337 e. The minimum Gasteiger partial charge on any atom is -0.463 e. The number of halogens is 2. The van der Waals surface area contributed by atoms with Crippen molar-refractivity contribution in [3.8, 4) is 0 Å². The molecule has 1 aliphatic rings. The summed E-state index contributed by atoms with van der Waals surface area (Å²) in [6, 6.07) is 2.46. The van der Waals surface area contributed by atoms with Crippen LogP contribution < -0.4 is 10.6 Å². The zero-order valence-electron chi connectivity index (χ0n) is 18.5. The number of amides is 1. The molecule has 0 fully saturated rings. The lowest BCUT2D eigenvalue weighted by atomic mass is 9.85. The number of hydrogen-bond donors (Lipinski definition) is 2. The first-order chi connectivity index (χ1) is 15.6. The van der Waals surface area contributed by atoms with Crippen LogP contribution in [0.1, 0.15) is 27.7 Å². The summed E-state index contributed by atoms with van der Waals surface area (Å²) in [5.74, 6) is -6.97. The van der Waals surface area contributed by atoms with E-state index in [4.69, 9.17) is 14.2 Å². The second kappa shape index (κ2) is 11.2. The van der Waals surface area contributed by atoms with Crippen LogP contribution >= 0.6 is 0 Å². The Hall–Kier alpha value is -3.76. The summed E-state index contributed by atoms with van der Waals surface area (Å²) in [5.41, 5.74) is -0.276. The summed E-state index contributed by atoms with van der Waals surface area (Å²) in [6.45, 7) is 5.30. The molecular weight excluding hydrogens is 442 g/mol. The van der Waals surface area contributed by atoms with Gasteiger partial charge in [-0.25, -0.2) is 18.4 Å². The van der Waals surface area contributed by atoms with Crippen LogP contribution in [0.25, 0.3) is 0 Å². The number of anilines is 1. The van der Waals surface area contributed by atoms with Crippen LogP contribution in [0, 0.1) is 17.6 Å². The Bertz CT molecular complexity index is 994. The van der Waals surface area contributed by atoms with Gasteiger partial charge in [-0.1, -0.05) is 0 Å². The van der Waals surface area contributed by atoms with E-state index in [9.17, 15) is 28.0 Å². The van der Waals surface area contributed by atoms with Gasteiger partial charge in [0.05, 0.1) is 30.0 Å². The van der Waals surface area contributed by atoms with Gasteiger partial charge in [0.15, 0.2) is 6.61 Å².